The van der Waals surface area contributed by atoms with E-state index >= 15 is 0 Å². The monoisotopic (exact) mass is 381 g/mol. The third-order valence-corrected chi connectivity index (χ3v) is 4.30. The van der Waals surface area contributed by atoms with Gasteiger partial charge in [0.2, 0.25) is 5.91 Å². The van der Waals surface area contributed by atoms with Gasteiger partial charge in [-0.1, -0.05) is 30.3 Å². The maximum absolute atomic E-state index is 13.8. The molecule has 3 aromatic rings. The molecular weight excluding hydrogens is 357 g/mol. The number of hydrogen-bond donors (Lipinski definition) is 1. The zero-order valence-electron chi connectivity index (χ0n) is 15.7. The van der Waals surface area contributed by atoms with Crippen molar-refractivity contribution in [2.75, 3.05) is 13.2 Å². The van der Waals surface area contributed by atoms with Gasteiger partial charge in [-0.2, -0.15) is 0 Å². The Hall–Kier alpha value is -3.08. The van der Waals surface area contributed by atoms with E-state index in [1.807, 2.05) is 30.3 Å². The van der Waals surface area contributed by atoms with E-state index in [9.17, 15) is 9.18 Å². The minimum absolute atomic E-state index is 0.0205. The summed E-state index contributed by atoms with van der Waals surface area (Å²) in [6.45, 7) is 1.25. The van der Waals surface area contributed by atoms with Gasteiger partial charge in [-0.25, -0.2) is 4.39 Å². The summed E-state index contributed by atoms with van der Waals surface area (Å²) in [7, 11) is 0. The molecule has 5 heteroatoms. The molecule has 0 aliphatic carbocycles. The Bertz CT molecular complexity index is 876. The van der Waals surface area contributed by atoms with Crippen LogP contribution in [0.15, 0.2) is 71.1 Å². The number of furan rings is 1. The zero-order valence-corrected chi connectivity index (χ0v) is 15.7. The SMILES string of the molecule is O=C(CCc1ccc(-c2ccccc2F)o1)NCCCCOc1ccccc1. The lowest BCUT2D eigenvalue weighted by molar-refractivity contribution is -0.121. The zero-order chi connectivity index (χ0) is 19.6. The van der Waals surface area contributed by atoms with Crippen molar-refractivity contribution in [1.82, 2.24) is 5.32 Å². The first-order valence-corrected chi connectivity index (χ1v) is 9.50. The van der Waals surface area contributed by atoms with E-state index in [0.717, 1.165) is 18.6 Å². The molecule has 1 amide bonds. The molecule has 1 aromatic heterocycles. The first kappa shape index (κ1) is 19.7. The lowest BCUT2D eigenvalue weighted by Crippen LogP contribution is -2.24. The highest BCUT2D eigenvalue weighted by molar-refractivity contribution is 5.76. The summed E-state index contributed by atoms with van der Waals surface area (Å²) in [6, 6.07) is 19.7. The van der Waals surface area contributed by atoms with Gasteiger partial charge in [-0.3, -0.25) is 4.79 Å². The molecule has 4 nitrogen and oxygen atoms in total. The molecule has 0 aliphatic heterocycles. The number of rotatable bonds is 10. The van der Waals surface area contributed by atoms with Crippen LogP contribution in [-0.2, 0) is 11.2 Å². The van der Waals surface area contributed by atoms with Gasteiger partial charge < -0.3 is 14.5 Å². The van der Waals surface area contributed by atoms with Crippen molar-refractivity contribution in [2.45, 2.75) is 25.7 Å². The molecular formula is C23H24FNO3. The van der Waals surface area contributed by atoms with E-state index in [1.54, 1.807) is 30.3 Å². The van der Waals surface area contributed by atoms with Crippen LogP contribution in [0.2, 0.25) is 0 Å². The number of ether oxygens (including phenoxy) is 1. The molecule has 0 bridgehead atoms. The van der Waals surface area contributed by atoms with Crippen molar-refractivity contribution < 1.29 is 18.3 Å². The van der Waals surface area contributed by atoms with Gasteiger partial charge in [0.15, 0.2) is 0 Å². The van der Waals surface area contributed by atoms with E-state index in [1.165, 1.54) is 6.07 Å². The maximum Gasteiger partial charge on any atom is 0.220 e. The lowest BCUT2D eigenvalue weighted by atomic mass is 10.1. The lowest BCUT2D eigenvalue weighted by Gasteiger charge is -2.07. The van der Waals surface area contributed by atoms with Crippen molar-refractivity contribution in [3.8, 4) is 17.1 Å². The third kappa shape index (κ3) is 5.98. The third-order valence-electron chi connectivity index (χ3n) is 4.30. The van der Waals surface area contributed by atoms with Crippen molar-refractivity contribution in [2.24, 2.45) is 0 Å². The molecule has 0 fully saturated rings. The van der Waals surface area contributed by atoms with Crippen LogP contribution in [0.1, 0.15) is 25.0 Å². The molecule has 28 heavy (non-hydrogen) atoms. The molecule has 0 saturated carbocycles. The summed E-state index contributed by atoms with van der Waals surface area (Å²) in [4.78, 5) is 12.0. The molecule has 0 saturated heterocycles. The van der Waals surface area contributed by atoms with Crippen molar-refractivity contribution >= 4 is 5.91 Å². The average molecular weight is 381 g/mol. The molecule has 1 N–H and O–H groups in total. The van der Waals surface area contributed by atoms with Crippen LogP contribution in [0.4, 0.5) is 4.39 Å². The Morgan fingerprint density at radius 2 is 1.75 bits per heavy atom. The highest BCUT2D eigenvalue weighted by atomic mass is 19.1. The number of hydrogen-bond acceptors (Lipinski definition) is 3. The number of aryl methyl sites for hydroxylation is 1. The van der Waals surface area contributed by atoms with E-state index in [4.69, 9.17) is 9.15 Å². The van der Waals surface area contributed by atoms with Crippen LogP contribution >= 0.6 is 0 Å². The second-order valence-corrected chi connectivity index (χ2v) is 6.46. The summed E-state index contributed by atoms with van der Waals surface area (Å²) in [6.07, 6.45) is 2.55. The fraction of sp³-hybridized carbons (Fsp3) is 0.261. The predicted octanol–water partition coefficient (Wildman–Crippen LogP) is 4.99. The average Bonchev–Trinajstić information content (AvgIpc) is 3.19. The summed E-state index contributed by atoms with van der Waals surface area (Å²) >= 11 is 0. The Balaban J connectivity index is 1.31. The Morgan fingerprint density at radius 3 is 2.57 bits per heavy atom. The number of benzene rings is 2. The molecule has 0 unspecified atom stereocenters. The fourth-order valence-electron chi connectivity index (χ4n) is 2.80. The second-order valence-electron chi connectivity index (χ2n) is 6.46. The number of halogens is 1. The largest absolute Gasteiger partial charge is 0.494 e. The summed E-state index contributed by atoms with van der Waals surface area (Å²) in [5.74, 6) is 1.67. The summed E-state index contributed by atoms with van der Waals surface area (Å²) in [5.41, 5.74) is 0.427. The topological polar surface area (TPSA) is 51.5 Å². The van der Waals surface area contributed by atoms with Gasteiger partial charge >= 0.3 is 0 Å². The van der Waals surface area contributed by atoms with Gasteiger partial charge in [0.25, 0.3) is 0 Å². The van der Waals surface area contributed by atoms with Gasteiger partial charge in [0.1, 0.15) is 23.1 Å². The molecule has 1 heterocycles. The number of nitrogens with one attached hydrogen (secondary N) is 1. The molecule has 2 aromatic carbocycles. The van der Waals surface area contributed by atoms with Gasteiger partial charge in [0.05, 0.1) is 12.2 Å². The van der Waals surface area contributed by atoms with E-state index in [2.05, 4.69) is 5.32 Å². The number of carbonyl (C=O) groups is 1. The summed E-state index contributed by atoms with van der Waals surface area (Å²) in [5, 5.41) is 2.90. The second kappa shape index (κ2) is 10.3. The number of carbonyl (C=O) groups excluding carboxylic acids is 1. The summed E-state index contributed by atoms with van der Waals surface area (Å²) < 4.78 is 25.1. The van der Waals surface area contributed by atoms with Crippen LogP contribution < -0.4 is 10.1 Å². The predicted molar refractivity (Wildman–Crippen MR) is 107 cm³/mol. The number of unbranched alkanes of at least 4 members (excludes halogenated alkanes) is 1. The molecule has 3 rings (SSSR count). The highest BCUT2D eigenvalue weighted by Crippen LogP contribution is 2.25. The maximum atomic E-state index is 13.8. The van der Waals surface area contributed by atoms with Crippen molar-refractivity contribution in [3.05, 3.63) is 78.3 Å². The first-order valence-electron chi connectivity index (χ1n) is 9.50. The van der Waals surface area contributed by atoms with Gasteiger partial charge in [-0.05, 0) is 49.2 Å². The molecule has 0 spiro atoms. The van der Waals surface area contributed by atoms with Gasteiger partial charge in [-0.15, -0.1) is 0 Å². The molecule has 146 valence electrons. The standard InChI is InChI=1S/C23H24FNO3/c24-21-11-5-4-10-20(21)22-14-12-19(28-22)13-15-23(26)25-16-6-7-17-27-18-8-2-1-3-9-18/h1-5,8-12,14H,6-7,13,15-17H2,(H,25,26). The quantitative estimate of drug-likeness (QED) is 0.503. The van der Waals surface area contributed by atoms with Crippen LogP contribution in [0.25, 0.3) is 11.3 Å². The Labute approximate surface area is 164 Å². The fourth-order valence-corrected chi connectivity index (χ4v) is 2.80. The molecule has 0 radical (unpaired) electrons. The van der Waals surface area contributed by atoms with Crippen LogP contribution in [0.3, 0.4) is 0 Å². The van der Waals surface area contributed by atoms with Gasteiger partial charge in [0, 0.05) is 19.4 Å². The first-order chi connectivity index (χ1) is 13.7. The number of para-hydroxylation sites is 1. The minimum atomic E-state index is -0.322. The minimum Gasteiger partial charge on any atom is -0.494 e. The van der Waals surface area contributed by atoms with E-state index < -0.39 is 0 Å². The highest BCUT2D eigenvalue weighted by Gasteiger charge is 2.10. The smallest absolute Gasteiger partial charge is 0.220 e. The van der Waals surface area contributed by atoms with Crippen LogP contribution in [-0.4, -0.2) is 19.1 Å². The normalized spacial score (nSPS) is 10.6. The van der Waals surface area contributed by atoms with E-state index in [0.29, 0.717) is 43.1 Å². The van der Waals surface area contributed by atoms with E-state index in [-0.39, 0.29) is 11.7 Å². The molecule has 0 aliphatic rings. The Kier molecular flexibility index (Phi) is 7.24. The van der Waals surface area contributed by atoms with Crippen LogP contribution in [0, 0.1) is 5.82 Å². The molecule has 0 atom stereocenters. The van der Waals surface area contributed by atoms with Crippen molar-refractivity contribution in [1.29, 1.82) is 0 Å². The van der Waals surface area contributed by atoms with Crippen molar-refractivity contribution in [3.63, 3.8) is 0 Å². The Morgan fingerprint density at radius 1 is 0.964 bits per heavy atom. The van der Waals surface area contributed by atoms with Crippen LogP contribution in [0.5, 0.6) is 5.75 Å². The number of amides is 1.